The molecule has 2 atom stereocenters. The number of benzene rings is 2. The van der Waals surface area contributed by atoms with Crippen LogP contribution in [0.3, 0.4) is 0 Å². The SMILES string of the molecule is Cc1cc(Br)ccc1C(=O)N[C@@H]1C[C@H]1c1cccc(Cl)c1. The monoisotopic (exact) mass is 363 g/mol. The Hall–Kier alpha value is -1.32. The highest BCUT2D eigenvalue weighted by molar-refractivity contribution is 9.10. The lowest BCUT2D eigenvalue weighted by atomic mass is 10.1. The van der Waals surface area contributed by atoms with Crippen molar-refractivity contribution < 1.29 is 4.79 Å². The Bertz CT molecular complexity index is 701. The van der Waals surface area contributed by atoms with Crippen LogP contribution in [-0.2, 0) is 0 Å². The van der Waals surface area contributed by atoms with Gasteiger partial charge >= 0.3 is 0 Å². The smallest absolute Gasteiger partial charge is 0.251 e. The predicted molar refractivity (Wildman–Crippen MR) is 88.9 cm³/mol. The third kappa shape index (κ3) is 3.30. The molecule has 1 aliphatic rings. The Kier molecular flexibility index (Phi) is 4.05. The van der Waals surface area contributed by atoms with E-state index in [-0.39, 0.29) is 11.9 Å². The summed E-state index contributed by atoms with van der Waals surface area (Å²) in [5.74, 6) is 0.373. The second-order valence-corrected chi connectivity index (χ2v) is 6.79. The van der Waals surface area contributed by atoms with Gasteiger partial charge in [0.05, 0.1) is 0 Å². The fourth-order valence-corrected chi connectivity index (χ4v) is 3.26. The van der Waals surface area contributed by atoms with Gasteiger partial charge in [0, 0.05) is 27.0 Å². The summed E-state index contributed by atoms with van der Waals surface area (Å²) in [5.41, 5.74) is 2.90. The van der Waals surface area contributed by atoms with Gasteiger partial charge in [0.25, 0.3) is 5.91 Å². The molecule has 0 unspecified atom stereocenters. The van der Waals surface area contributed by atoms with Crippen LogP contribution in [0.25, 0.3) is 0 Å². The molecule has 21 heavy (non-hydrogen) atoms. The van der Waals surface area contributed by atoms with Crippen LogP contribution in [0, 0.1) is 6.92 Å². The topological polar surface area (TPSA) is 29.1 Å². The first-order chi connectivity index (χ1) is 10.0. The Morgan fingerprint density at radius 3 is 2.81 bits per heavy atom. The highest BCUT2D eigenvalue weighted by atomic mass is 79.9. The molecule has 1 saturated carbocycles. The van der Waals surface area contributed by atoms with Gasteiger partial charge in [0.15, 0.2) is 0 Å². The van der Waals surface area contributed by atoms with Gasteiger partial charge in [0.2, 0.25) is 0 Å². The molecule has 3 rings (SSSR count). The maximum Gasteiger partial charge on any atom is 0.251 e. The molecule has 2 aromatic rings. The van der Waals surface area contributed by atoms with Crippen LogP contribution in [0.15, 0.2) is 46.9 Å². The number of hydrogen-bond donors (Lipinski definition) is 1. The van der Waals surface area contributed by atoms with E-state index in [2.05, 4.69) is 27.3 Å². The van der Waals surface area contributed by atoms with Crippen LogP contribution in [0.1, 0.15) is 33.8 Å². The average Bonchev–Trinajstić information content (AvgIpc) is 3.17. The molecule has 0 spiro atoms. The van der Waals surface area contributed by atoms with E-state index in [4.69, 9.17) is 11.6 Å². The van der Waals surface area contributed by atoms with Crippen molar-refractivity contribution in [3.8, 4) is 0 Å². The van der Waals surface area contributed by atoms with Crippen molar-refractivity contribution in [2.24, 2.45) is 0 Å². The summed E-state index contributed by atoms with van der Waals surface area (Å²) in [6.07, 6.45) is 0.974. The summed E-state index contributed by atoms with van der Waals surface area (Å²) in [6.45, 7) is 1.95. The summed E-state index contributed by atoms with van der Waals surface area (Å²) in [7, 11) is 0. The summed E-state index contributed by atoms with van der Waals surface area (Å²) in [4.78, 5) is 12.3. The molecule has 4 heteroatoms. The number of aryl methyl sites for hydroxylation is 1. The Morgan fingerprint density at radius 1 is 1.29 bits per heavy atom. The number of hydrogen-bond acceptors (Lipinski definition) is 1. The van der Waals surface area contributed by atoms with E-state index in [0.29, 0.717) is 5.92 Å². The Labute approximate surface area is 137 Å². The molecular formula is C17H15BrClNO. The van der Waals surface area contributed by atoms with Crippen LogP contribution in [0.2, 0.25) is 5.02 Å². The first kappa shape index (κ1) is 14.6. The molecule has 0 bridgehead atoms. The van der Waals surface area contributed by atoms with E-state index in [9.17, 15) is 4.79 Å². The molecule has 1 fully saturated rings. The van der Waals surface area contributed by atoms with E-state index >= 15 is 0 Å². The number of carbonyl (C=O) groups is 1. The highest BCUT2D eigenvalue weighted by Gasteiger charge is 2.39. The average molecular weight is 365 g/mol. The summed E-state index contributed by atoms with van der Waals surface area (Å²) in [6, 6.07) is 13.8. The van der Waals surface area contributed by atoms with Crippen molar-refractivity contribution in [1.29, 1.82) is 0 Å². The lowest BCUT2D eigenvalue weighted by Crippen LogP contribution is -2.27. The van der Waals surface area contributed by atoms with Crippen molar-refractivity contribution in [2.45, 2.75) is 25.3 Å². The Morgan fingerprint density at radius 2 is 2.10 bits per heavy atom. The molecule has 108 valence electrons. The number of halogens is 2. The molecule has 1 amide bonds. The molecule has 1 aliphatic carbocycles. The minimum absolute atomic E-state index is 0.00507. The molecule has 1 N–H and O–H groups in total. The maximum absolute atomic E-state index is 12.3. The van der Waals surface area contributed by atoms with Crippen molar-refractivity contribution in [2.75, 3.05) is 0 Å². The number of nitrogens with one attached hydrogen (secondary N) is 1. The summed E-state index contributed by atoms with van der Waals surface area (Å²) < 4.78 is 0.986. The van der Waals surface area contributed by atoms with E-state index in [1.54, 1.807) is 0 Å². The molecule has 2 nitrogen and oxygen atoms in total. The quantitative estimate of drug-likeness (QED) is 0.840. The van der Waals surface area contributed by atoms with Crippen LogP contribution >= 0.6 is 27.5 Å². The largest absolute Gasteiger partial charge is 0.349 e. The van der Waals surface area contributed by atoms with Crippen molar-refractivity contribution in [3.63, 3.8) is 0 Å². The van der Waals surface area contributed by atoms with Crippen molar-refractivity contribution in [3.05, 3.63) is 68.7 Å². The molecule has 2 aromatic carbocycles. The molecular weight excluding hydrogens is 350 g/mol. The second kappa shape index (κ2) is 5.82. The standard InChI is InChI=1S/C17H15BrClNO/c1-10-7-12(18)5-6-14(10)17(21)20-16-9-15(16)11-3-2-4-13(19)8-11/h2-8,15-16H,9H2,1H3,(H,20,21)/t15-,16+/m0/s1. The lowest BCUT2D eigenvalue weighted by Gasteiger charge is -2.08. The van der Waals surface area contributed by atoms with Crippen molar-refractivity contribution in [1.82, 2.24) is 5.32 Å². The minimum atomic E-state index is -0.00507. The van der Waals surface area contributed by atoms with Gasteiger partial charge in [-0.1, -0.05) is 39.7 Å². The highest BCUT2D eigenvalue weighted by Crippen LogP contribution is 2.41. The van der Waals surface area contributed by atoms with E-state index in [0.717, 1.165) is 27.0 Å². The third-order valence-corrected chi connectivity index (χ3v) is 4.55. The molecule has 0 aromatic heterocycles. The zero-order valence-corrected chi connectivity index (χ0v) is 13.9. The van der Waals surface area contributed by atoms with E-state index in [1.165, 1.54) is 5.56 Å². The first-order valence-corrected chi connectivity index (χ1v) is 8.04. The summed E-state index contributed by atoms with van der Waals surface area (Å²) in [5, 5.41) is 3.84. The minimum Gasteiger partial charge on any atom is -0.349 e. The summed E-state index contributed by atoms with van der Waals surface area (Å²) >= 11 is 9.42. The predicted octanol–water partition coefficient (Wildman–Crippen LogP) is 4.70. The van der Waals surface area contributed by atoms with Gasteiger partial charge in [-0.2, -0.15) is 0 Å². The molecule has 0 heterocycles. The van der Waals surface area contributed by atoms with Gasteiger partial charge in [0.1, 0.15) is 0 Å². The maximum atomic E-state index is 12.3. The zero-order chi connectivity index (χ0) is 15.0. The van der Waals surface area contributed by atoms with Gasteiger partial charge in [-0.05, 0) is 54.8 Å². The fourth-order valence-electron chi connectivity index (χ4n) is 2.59. The van der Waals surface area contributed by atoms with Crippen LogP contribution in [0.5, 0.6) is 0 Å². The second-order valence-electron chi connectivity index (χ2n) is 5.44. The van der Waals surface area contributed by atoms with Gasteiger partial charge in [-0.3, -0.25) is 4.79 Å². The molecule has 0 radical (unpaired) electrons. The van der Waals surface area contributed by atoms with Gasteiger partial charge in [-0.15, -0.1) is 0 Å². The van der Waals surface area contributed by atoms with Gasteiger partial charge < -0.3 is 5.32 Å². The Balaban J connectivity index is 1.67. The molecule has 0 saturated heterocycles. The fraction of sp³-hybridized carbons (Fsp3) is 0.235. The first-order valence-electron chi connectivity index (χ1n) is 6.87. The third-order valence-electron chi connectivity index (χ3n) is 3.82. The van der Waals surface area contributed by atoms with Crippen LogP contribution < -0.4 is 5.32 Å². The van der Waals surface area contributed by atoms with Gasteiger partial charge in [-0.25, -0.2) is 0 Å². The van der Waals surface area contributed by atoms with Crippen LogP contribution in [-0.4, -0.2) is 11.9 Å². The number of carbonyl (C=O) groups excluding carboxylic acids is 1. The zero-order valence-electron chi connectivity index (χ0n) is 11.6. The lowest BCUT2D eigenvalue weighted by molar-refractivity contribution is 0.0949. The molecule has 0 aliphatic heterocycles. The normalized spacial score (nSPS) is 20.1. The van der Waals surface area contributed by atoms with E-state index < -0.39 is 0 Å². The van der Waals surface area contributed by atoms with Crippen LogP contribution in [0.4, 0.5) is 0 Å². The van der Waals surface area contributed by atoms with Crippen molar-refractivity contribution >= 4 is 33.4 Å². The number of amides is 1. The number of rotatable bonds is 3. The van der Waals surface area contributed by atoms with E-state index in [1.807, 2.05) is 43.3 Å².